The van der Waals surface area contributed by atoms with E-state index in [9.17, 15) is 4.79 Å². The van der Waals surface area contributed by atoms with Crippen molar-refractivity contribution >= 4 is 34.9 Å². The molecule has 0 aliphatic carbocycles. The minimum atomic E-state index is -0.0832. The summed E-state index contributed by atoms with van der Waals surface area (Å²) >= 11 is 11.7. The minimum absolute atomic E-state index is 0.0832. The summed E-state index contributed by atoms with van der Waals surface area (Å²) in [6.45, 7) is 5.16. The van der Waals surface area contributed by atoms with Crippen LogP contribution in [-0.2, 0) is 4.79 Å². The fourth-order valence-corrected chi connectivity index (χ4v) is 1.66. The number of carbonyl (C=O) groups is 1. The summed E-state index contributed by atoms with van der Waals surface area (Å²) in [5.41, 5.74) is 0. The second kappa shape index (κ2) is 6.61. The number of nitrogens with one attached hydrogen (secondary N) is 1. The lowest BCUT2D eigenvalue weighted by atomic mass is 10.4. The molecule has 0 aromatic carbocycles. The fraction of sp³-hybridized carbons (Fsp3) is 0.500. The number of aromatic nitrogens is 2. The van der Waals surface area contributed by atoms with Gasteiger partial charge in [-0.3, -0.25) is 4.79 Å². The molecule has 0 saturated carbocycles. The van der Waals surface area contributed by atoms with Crippen molar-refractivity contribution in [2.75, 3.05) is 24.5 Å². The predicted molar refractivity (Wildman–Crippen MR) is 68.6 cm³/mol. The maximum atomic E-state index is 11.5. The number of hydrogen-bond donors (Lipinski definition) is 1. The van der Waals surface area contributed by atoms with Gasteiger partial charge in [-0.15, -0.1) is 0 Å². The van der Waals surface area contributed by atoms with Crippen molar-refractivity contribution in [2.45, 2.75) is 13.8 Å². The summed E-state index contributed by atoms with van der Waals surface area (Å²) in [5, 5.41) is 3.20. The maximum Gasteiger partial charge on any atom is 0.239 e. The molecule has 0 radical (unpaired) electrons. The number of rotatable bonds is 5. The topological polar surface area (TPSA) is 58.1 Å². The van der Waals surface area contributed by atoms with Crippen molar-refractivity contribution in [3.05, 3.63) is 16.5 Å². The first-order valence-electron chi connectivity index (χ1n) is 5.28. The molecular formula is C10H14Cl2N4O. The molecule has 17 heavy (non-hydrogen) atoms. The number of nitrogens with zero attached hydrogens (tertiary/aromatic N) is 3. The smallest absolute Gasteiger partial charge is 0.239 e. The first-order valence-corrected chi connectivity index (χ1v) is 6.03. The summed E-state index contributed by atoms with van der Waals surface area (Å²) in [7, 11) is 0. The van der Waals surface area contributed by atoms with Gasteiger partial charge in [-0.2, -0.15) is 4.98 Å². The van der Waals surface area contributed by atoms with E-state index < -0.39 is 0 Å². The molecule has 1 N–H and O–H groups in total. The quantitative estimate of drug-likeness (QED) is 0.833. The van der Waals surface area contributed by atoms with Crippen LogP contribution in [0.3, 0.4) is 0 Å². The lowest BCUT2D eigenvalue weighted by Crippen LogP contribution is -2.37. The average Bonchev–Trinajstić information content (AvgIpc) is 2.30. The van der Waals surface area contributed by atoms with Crippen LogP contribution < -0.4 is 10.2 Å². The molecule has 1 heterocycles. The number of amides is 1. The van der Waals surface area contributed by atoms with Crippen LogP contribution >= 0.6 is 23.2 Å². The van der Waals surface area contributed by atoms with Crippen LogP contribution in [0.4, 0.5) is 5.82 Å². The van der Waals surface area contributed by atoms with Gasteiger partial charge in [0.1, 0.15) is 5.02 Å². The molecule has 0 atom stereocenters. The lowest BCUT2D eigenvalue weighted by Gasteiger charge is -2.21. The molecule has 94 valence electrons. The van der Waals surface area contributed by atoms with Crippen LogP contribution in [0.15, 0.2) is 6.20 Å². The number of anilines is 1. The third-order valence-corrected chi connectivity index (χ3v) is 2.53. The highest BCUT2D eigenvalue weighted by molar-refractivity contribution is 6.33. The Morgan fingerprint density at radius 1 is 1.47 bits per heavy atom. The Balaban J connectivity index is 2.85. The Kier molecular flexibility index (Phi) is 5.44. The molecule has 1 aromatic heterocycles. The van der Waals surface area contributed by atoms with Crippen molar-refractivity contribution in [2.24, 2.45) is 0 Å². The SMILES string of the molecule is CCNC(=O)CN(CC)c1nc(Cl)ncc1Cl. The first-order chi connectivity index (χ1) is 8.08. The van der Waals surface area contributed by atoms with Crippen LogP contribution in [0, 0.1) is 0 Å². The Hall–Kier alpha value is -1.07. The molecule has 1 rings (SSSR count). The standard InChI is InChI=1S/C10H14Cl2N4O/c1-3-13-8(17)6-16(4-2)9-7(11)5-14-10(12)15-9/h5H,3-4,6H2,1-2H3,(H,13,17). The van der Waals surface area contributed by atoms with E-state index in [1.807, 2.05) is 13.8 Å². The Labute approximate surface area is 110 Å². The van der Waals surface area contributed by atoms with Gasteiger partial charge in [-0.25, -0.2) is 4.98 Å². The first kappa shape index (κ1) is 14.0. The van der Waals surface area contributed by atoms with Gasteiger partial charge in [0.25, 0.3) is 0 Å². The van der Waals surface area contributed by atoms with Crippen molar-refractivity contribution < 1.29 is 4.79 Å². The molecule has 0 aliphatic rings. The second-order valence-electron chi connectivity index (χ2n) is 3.28. The zero-order valence-electron chi connectivity index (χ0n) is 9.70. The van der Waals surface area contributed by atoms with E-state index in [2.05, 4.69) is 15.3 Å². The van der Waals surface area contributed by atoms with Gasteiger partial charge in [-0.1, -0.05) is 11.6 Å². The molecule has 0 spiro atoms. The normalized spacial score (nSPS) is 10.1. The summed E-state index contributed by atoms with van der Waals surface area (Å²) in [6, 6.07) is 0. The van der Waals surface area contributed by atoms with E-state index in [0.29, 0.717) is 23.9 Å². The third-order valence-electron chi connectivity index (χ3n) is 2.09. The molecule has 0 saturated heterocycles. The van der Waals surface area contributed by atoms with Crippen LogP contribution in [0.5, 0.6) is 0 Å². The summed E-state index contributed by atoms with van der Waals surface area (Å²) in [6.07, 6.45) is 1.42. The van der Waals surface area contributed by atoms with Crippen molar-refractivity contribution in [1.29, 1.82) is 0 Å². The van der Waals surface area contributed by atoms with Crippen molar-refractivity contribution in [1.82, 2.24) is 15.3 Å². The zero-order valence-corrected chi connectivity index (χ0v) is 11.2. The van der Waals surface area contributed by atoms with Gasteiger partial charge in [0, 0.05) is 13.1 Å². The van der Waals surface area contributed by atoms with E-state index in [1.54, 1.807) is 4.90 Å². The maximum absolute atomic E-state index is 11.5. The highest BCUT2D eigenvalue weighted by Gasteiger charge is 2.14. The molecule has 7 heteroatoms. The van der Waals surface area contributed by atoms with E-state index in [-0.39, 0.29) is 17.7 Å². The van der Waals surface area contributed by atoms with Gasteiger partial charge in [-0.05, 0) is 25.4 Å². The summed E-state index contributed by atoms with van der Waals surface area (Å²) in [4.78, 5) is 21.0. The molecule has 0 aliphatic heterocycles. The van der Waals surface area contributed by atoms with Crippen LogP contribution in [0.25, 0.3) is 0 Å². The van der Waals surface area contributed by atoms with E-state index in [0.717, 1.165) is 0 Å². The van der Waals surface area contributed by atoms with Gasteiger partial charge < -0.3 is 10.2 Å². The second-order valence-corrected chi connectivity index (χ2v) is 4.02. The summed E-state index contributed by atoms with van der Waals surface area (Å²) < 4.78 is 0. The molecule has 0 unspecified atom stereocenters. The molecule has 0 bridgehead atoms. The highest BCUT2D eigenvalue weighted by Crippen LogP contribution is 2.23. The lowest BCUT2D eigenvalue weighted by molar-refractivity contribution is -0.119. The van der Waals surface area contributed by atoms with Crippen molar-refractivity contribution in [3.63, 3.8) is 0 Å². The number of hydrogen-bond acceptors (Lipinski definition) is 4. The van der Waals surface area contributed by atoms with Crippen LogP contribution in [0.2, 0.25) is 10.3 Å². The predicted octanol–water partition coefficient (Wildman–Crippen LogP) is 1.75. The largest absolute Gasteiger partial charge is 0.355 e. The number of halogens is 2. The van der Waals surface area contributed by atoms with E-state index in [1.165, 1.54) is 6.20 Å². The molecule has 5 nitrogen and oxygen atoms in total. The molecule has 1 amide bonds. The summed E-state index contributed by atoms with van der Waals surface area (Å²) in [5.74, 6) is 0.389. The minimum Gasteiger partial charge on any atom is -0.355 e. The van der Waals surface area contributed by atoms with Crippen LogP contribution in [-0.4, -0.2) is 35.5 Å². The fourth-order valence-electron chi connectivity index (χ4n) is 1.32. The zero-order chi connectivity index (χ0) is 12.8. The Morgan fingerprint density at radius 3 is 2.76 bits per heavy atom. The van der Waals surface area contributed by atoms with Gasteiger partial charge >= 0.3 is 0 Å². The molecule has 1 aromatic rings. The Morgan fingerprint density at radius 2 is 2.18 bits per heavy atom. The molecular weight excluding hydrogens is 263 g/mol. The van der Waals surface area contributed by atoms with Crippen LogP contribution in [0.1, 0.15) is 13.8 Å². The molecule has 0 fully saturated rings. The highest BCUT2D eigenvalue weighted by atomic mass is 35.5. The van der Waals surface area contributed by atoms with Gasteiger partial charge in [0.15, 0.2) is 5.82 Å². The van der Waals surface area contributed by atoms with Crippen molar-refractivity contribution in [3.8, 4) is 0 Å². The third kappa shape index (κ3) is 4.02. The van der Waals surface area contributed by atoms with E-state index >= 15 is 0 Å². The van der Waals surface area contributed by atoms with E-state index in [4.69, 9.17) is 23.2 Å². The number of likely N-dealkylation sites (N-methyl/N-ethyl adjacent to an activating group) is 2. The average molecular weight is 277 g/mol. The van der Waals surface area contributed by atoms with Gasteiger partial charge in [0.05, 0.1) is 12.7 Å². The number of carbonyl (C=O) groups excluding carboxylic acids is 1. The van der Waals surface area contributed by atoms with Gasteiger partial charge in [0.2, 0.25) is 11.2 Å². The monoisotopic (exact) mass is 276 g/mol. The Bertz CT molecular complexity index is 400.